The number of hydrogen-bond acceptors (Lipinski definition) is 5. The molecule has 7 nitrogen and oxygen atoms in total. The van der Waals surface area contributed by atoms with Crippen LogP contribution in [-0.4, -0.2) is 21.0 Å². The van der Waals surface area contributed by atoms with Gasteiger partial charge in [0.1, 0.15) is 0 Å². The van der Waals surface area contributed by atoms with Gasteiger partial charge in [-0.2, -0.15) is 14.0 Å². The Morgan fingerprint density at radius 3 is 1.42 bits per heavy atom. The maximum atomic E-state index is 8.60. The Balaban J connectivity index is -0.000000105. The quantitative estimate of drug-likeness (QED) is 0.363. The molecule has 0 aliphatic heterocycles. The molecule has 0 aromatic rings. The smallest absolute Gasteiger partial charge is 0.450 e. The van der Waals surface area contributed by atoms with Crippen LogP contribution in [0.25, 0.3) is 0 Å². The van der Waals surface area contributed by atoms with Gasteiger partial charge >= 0.3 is 6.16 Å². The van der Waals surface area contributed by atoms with Gasteiger partial charge in [-0.05, 0) is 6.92 Å². The average Bonchev–Trinajstić information content (AvgIpc) is 1.56. The van der Waals surface area contributed by atoms with Crippen molar-refractivity contribution in [2.45, 2.75) is 6.92 Å². The Morgan fingerprint density at radius 2 is 1.42 bits per heavy atom. The molecule has 0 aliphatic rings. The molecule has 74 valence electrons. The van der Waals surface area contributed by atoms with Gasteiger partial charge in [0.2, 0.25) is 0 Å². The number of halogens is 1. The molecule has 0 radical (unpaired) electrons. The van der Waals surface area contributed by atoms with Crippen molar-refractivity contribution in [2.24, 2.45) is 0 Å². The summed E-state index contributed by atoms with van der Waals surface area (Å²) in [5.41, 5.74) is 0. The number of carboxylic acid groups (broad SMARTS) is 2. The summed E-state index contributed by atoms with van der Waals surface area (Å²) in [4.78, 5) is 8.56. The van der Waals surface area contributed by atoms with Gasteiger partial charge in [-0.3, -0.25) is 0 Å². The lowest BCUT2D eigenvalue weighted by atomic mass is 10.8. The average molecular weight is 205 g/mol. The summed E-state index contributed by atoms with van der Waals surface area (Å²) >= 11 is 0. The van der Waals surface area contributed by atoms with Crippen molar-refractivity contribution in [3.63, 3.8) is 0 Å². The van der Waals surface area contributed by atoms with Crippen molar-refractivity contribution in [2.75, 3.05) is 0 Å². The highest BCUT2D eigenvalue weighted by molar-refractivity contribution is 5.53. The molecule has 0 unspecified atom stereocenters. The van der Waals surface area contributed by atoms with Gasteiger partial charge < -0.3 is 10.2 Å². The minimum atomic E-state index is -4.69. The van der Waals surface area contributed by atoms with Gasteiger partial charge in [0.05, 0.1) is 14.9 Å². The van der Waals surface area contributed by atoms with Crippen LogP contribution in [0.15, 0.2) is 12.7 Å². The third kappa shape index (κ3) is 819. The molecule has 0 atom stereocenters. The van der Waals surface area contributed by atoms with Gasteiger partial charge in [0.15, 0.2) is 0 Å². The minimum Gasteiger partial charge on any atom is -0.450 e. The third-order valence-corrected chi connectivity index (χ3v) is 0. The van der Waals surface area contributed by atoms with Crippen LogP contribution in [0.2, 0.25) is 0 Å². The van der Waals surface area contributed by atoms with Gasteiger partial charge in [0, 0.05) is 0 Å². The van der Waals surface area contributed by atoms with E-state index < -0.39 is 16.4 Å². The topological polar surface area (TPSA) is 147 Å². The second-order valence-corrected chi connectivity index (χ2v) is 1.88. The second kappa shape index (κ2) is 10.1. The van der Waals surface area contributed by atoms with E-state index in [1.807, 2.05) is 6.92 Å². The fourth-order valence-electron chi connectivity index (χ4n) is 0. The van der Waals surface area contributed by atoms with E-state index in [0.29, 0.717) is 0 Å². The zero-order valence-corrected chi connectivity index (χ0v) is 6.89. The van der Waals surface area contributed by atoms with Crippen LogP contribution in [0, 0.1) is 10.2 Å². The molecule has 0 saturated heterocycles. The summed E-state index contributed by atoms with van der Waals surface area (Å²) in [5.74, 6) is 0. The molecule has 8 heteroatoms. The van der Waals surface area contributed by atoms with E-state index in [4.69, 9.17) is 33.6 Å². The Hall–Kier alpha value is -0.860. The van der Waals surface area contributed by atoms with Crippen LogP contribution in [0.5, 0.6) is 0 Å². The zero-order valence-electron chi connectivity index (χ0n) is 6.14. The predicted molar refractivity (Wildman–Crippen MR) is 28.7 cm³/mol. The molecule has 0 spiro atoms. The largest absolute Gasteiger partial charge is 0.503 e. The lowest BCUT2D eigenvalue weighted by Crippen LogP contribution is -2.58. The predicted octanol–water partition coefficient (Wildman–Crippen LogP) is -2.71. The highest BCUT2D eigenvalue weighted by atomic mass is 35.7. The molecule has 0 amide bonds. The van der Waals surface area contributed by atoms with Crippen LogP contribution >= 0.6 is 0 Å². The molecular formula is C4H9ClO7. The van der Waals surface area contributed by atoms with E-state index in [-0.39, 0.29) is 0 Å². The summed E-state index contributed by atoms with van der Waals surface area (Å²) in [7, 11) is -4.69. The summed E-state index contributed by atoms with van der Waals surface area (Å²) in [6.45, 7) is 5.25. The van der Waals surface area contributed by atoms with Crippen LogP contribution in [0.1, 0.15) is 6.92 Å². The number of rotatable bonds is 0. The number of allylic oxidation sites excluding steroid dienone is 1. The lowest BCUT2D eigenvalue weighted by molar-refractivity contribution is -1.92. The summed E-state index contributed by atoms with van der Waals surface area (Å²) in [6.07, 6.45) is -0.0833. The van der Waals surface area contributed by atoms with Crippen molar-refractivity contribution in [3.8, 4) is 0 Å². The third-order valence-electron chi connectivity index (χ3n) is 0. The van der Waals surface area contributed by atoms with Crippen molar-refractivity contribution < 1.29 is 43.9 Å². The molecule has 0 saturated carbocycles. The van der Waals surface area contributed by atoms with Crippen molar-refractivity contribution in [3.05, 3.63) is 12.7 Å². The van der Waals surface area contributed by atoms with Crippen molar-refractivity contribution in [1.82, 2.24) is 0 Å². The zero-order chi connectivity index (χ0) is 10.8. The van der Waals surface area contributed by atoms with Gasteiger partial charge in [-0.25, -0.2) is 4.79 Å². The highest BCUT2D eigenvalue weighted by Gasteiger charge is 1.98. The van der Waals surface area contributed by atoms with Crippen LogP contribution in [-0.2, 0) is 0 Å². The normalized spacial score (nSPS) is 8.08. The molecule has 0 aliphatic carbocycles. The molecule has 0 fully saturated rings. The lowest BCUT2D eigenvalue weighted by Gasteiger charge is -2.03. The van der Waals surface area contributed by atoms with Gasteiger partial charge in [0.25, 0.3) is 0 Å². The Morgan fingerprint density at radius 1 is 1.42 bits per heavy atom. The fourth-order valence-corrected chi connectivity index (χ4v) is 0. The standard InChI is InChI=1S/C3H6.CH2O3.ClHO4/c1-3-2;2-1(3)4;2-1(3,4)5/h3H,1H2,2H3;(H2,2,3,4);(H,2,3,4,5). The Bertz CT molecular complexity index is 107. The maximum Gasteiger partial charge on any atom is 0.503 e. The van der Waals surface area contributed by atoms with Crippen LogP contribution < -0.4 is 14.0 Å². The van der Waals surface area contributed by atoms with Gasteiger partial charge in [-0.15, -0.1) is 6.58 Å². The molecule has 0 aromatic carbocycles. The van der Waals surface area contributed by atoms with Crippen molar-refractivity contribution in [1.29, 1.82) is 0 Å². The van der Waals surface area contributed by atoms with Crippen LogP contribution in [0.3, 0.4) is 0 Å². The molecule has 0 aromatic heterocycles. The maximum absolute atomic E-state index is 8.60. The Kier molecular flexibility index (Phi) is 14.6. The van der Waals surface area contributed by atoms with Gasteiger partial charge in [-0.1, -0.05) is 6.08 Å². The number of carbonyl (C=O) groups is 1. The van der Waals surface area contributed by atoms with E-state index in [0.717, 1.165) is 0 Å². The first-order valence-corrected chi connectivity index (χ1v) is 3.53. The Labute approximate surface area is 70.5 Å². The van der Waals surface area contributed by atoms with E-state index in [1.165, 1.54) is 0 Å². The van der Waals surface area contributed by atoms with Crippen LogP contribution in [0.4, 0.5) is 4.79 Å². The molecule has 12 heavy (non-hydrogen) atoms. The monoisotopic (exact) mass is 204 g/mol. The molecular weight excluding hydrogens is 195 g/mol. The second-order valence-electron chi connectivity index (χ2n) is 1.09. The first-order valence-electron chi connectivity index (χ1n) is 2.27. The summed E-state index contributed by atoms with van der Waals surface area (Å²) in [6, 6.07) is 0. The fraction of sp³-hybridized carbons (Fsp3) is 0.250. The highest BCUT2D eigenvalue weighted by Crippen LogP contribution is 1.60. The van der Waals surface area contributed by atoms with E-state index in [9.17, 15) is 0 Å². The van der Waals surface area contributed by atoms with E-state index >= 15 is 0 Å². The summed E-state index contributed by atoms with van der Waals surface area (Å²) in [5, 5.41) is 13.9. The molecule has 0 heterocycles. The minimum absolute atomic E-state index is 1.75. The summed E-state index contributed by atoms with van der Waals surface area (Å²) < 4.78 is 32.7. The van der Waals surface area contributed by atoms with Crippen molar-refractivity contribution >= 4 is 6.16 Å². The molecule has 0 rings (SSSR count). The molecule has 0 bridgehead atoms. The SMILES string of the molecule is C=CC.O=C(O)O.[O-][Cl+3]([O-])([O-])O. The first-order chi connectivity index (χ1) is 5.15. The number of hydrogen-bond donors (Lipinski definition) is 3. The van der Waals surface area contributed by atoms with E-state index in [1.54, 1.807) is 6.08 Å². The van der Waals surface area contributed by atoms with E-state index in [2.05, 4.69) is 6.58 Å². The first kappa shape index (κ1) is 17.3. The molecule has 3 N–H and O–H groups in total.